The summed E-state index contributed by atoms with van der Waals surface area (Å²) in [5.74, 6) is 0.379. The molecule has 0 saturated carbocycles. The smallest absolute Gasteiger partial charge is 1.00 e. The minimum Gasteiger partial charge on any atom is -1.00 e. The SMILES string of the molecule is CC(c1ccccc1)=c1cc2c(c(C3=CC(C(C)(C)C)=CC3C)c1C(C)(C)C)=[C]([Zr+2])c1cc(C(C)(C)C)ccc1-2.[Cl-].[Cl-]. The standard InChI is InChI=1S/C39H45.2ClH.Zr/c1-24-19-29(38(6,7)8)22-31(24)35-34-21-27-20-28(37(3,4)5)17-18-30(27)33(34)23-32(36(35)39(9,10)11)25(2)26-15-13-12-14-16-26;;;/h12-20,22-24H,1-11H3;2*1H;/q;;;+2/p-2. The molecule has 0 aromatic heterocycles. The molecule has 0 spiro atoms. The fourth-order valence-electron chi connectivity index (χ4n) is 6.42. The molecule has 0 radical (unpaired) electrons. The van der Waals surface area contributed by atoms with Crippen LogP contribution in [-0.4, -0.2) is 0 Å². The van der Waals surface area contributed by atoms with Gasteiger partial charge in [0.05, 0.1) is 0 Å². The Labute approximate surface area is 282 Å². The monoisotopic (exact) mass is 673 g/mol. The van der Waals surface area contributed by atoms with Crippen LogP contribution in [0.5, 0.6) is 0 Å². The van der Waals surface area contributed by atoms with Crippen molar-refractivity contribution in [2.45, 2.75) is 87.0 Å². The summed E-state index contributed by atoms with van der Waals surface area (Å²) in [4.78, 5) is 0. The summed E-state index contributed by atoms with van der Waals surface area (Å²) in [6.07, 6.45) is 5.04. The van der Waals surface area contributed by atoms with Crippen LogP contribution in [0.1, 0.15) is 104 Å². The van der Waals surface area contributed by atoms with Crippen LogP contribution in [0.3, 0.4) is 0 Å². The van der Waals surface area contributed by atoms with E-state index in [2.05, 4.69) is 143 Å². The summed E-state index contributed by atoms with van der Waals surface area (Å²) in [7, 11) is 0. The number of allylic oxidation sites excluding steroid dienone is 4. The Morgan fingerprint density at radius 2 is 1.33 bits per heavy atom. The van der Waals surface area contributed by atoms with Gasteiger partial charge < -0.3 is 24.8 Å². The third kappa shape index (κ3) is 6.14. The molecule has 0 nitrogen and oxygen atoms in total. The van der Waals surface area contributed by atoms with Crippen molar-refractivity contribution in [1.82, 2.24) is 0 Å². The van der Waals surface area contributed by atoms with Gasteiger partial charge in [-0.2, -0.15) is 0 Å². The van der Waals surface area contributed by atoms with Crippen LogP contribution in [0.4, 0.5) is 0 Å². The second-order valence-electron chi connectivity index (χ2n) is 15.0. The largest absolute Gasteiger partial charge is 1.00 e. The second kappa shape index (κ2) is 12.0. The molecule has 0 N–H and O–H groups in total. The molecule has 3 aromatic carbocycles. The molecule has 2 aliphatic carbocycles. The quantitative estimate of drug-likeness (QED) is 0.392. The van der Waals surface area contributed by atoms with Gasteiger partial charge in [0.25, 0.3) is 0 Å². The van der Waals surface area contributed by atoms with Gasteiger partial charge >= 0.3 is 259 Å². The number of hydrogen-bond donors (Lipinski definition) is 0. The number of fused-ring (bicyclic) bond motifs is 3. The van der Waals surface area contributed by atoms with E-state index in [9.17, 15) is 0 Å². The maximum absolute atomic E-state index is 2.53. The van der Waals surface area contributed by atoms with E-state index in [-0.39, 0.29) is 41.1 Å². The van der Waals surface area contributed by atoms with Crippen LogP contribution in [0.25, 0.3) is 25.6 Å². The van der Waals surface area contributed by atoms with E-state index in [0.29, 0.717) is 5.92 Å². The fraction of sp³-hybridized carbons (Fsp3) is 0.385. The van der Waals surface area contributed by atoms with Gasteiger partial charge in [-0.15, -0.1) is 0 Å². The van der Waals surface area contributed by atoms with E-state index in [1.807, 2.05) is 0 Å². The van der Waals surface area contributed by atoms with Crippen molar-refractivity contribution >= 4 is 14.4 Å². The van der Waals surface area contributed by atoms with Crippen LogP contribution in [-0.2, 0) is 35.5 Å². The van der Waals surface area contributed by atoms with Crippen molar-refractivity contribution in [3.8, 4) is 11.1 Å². The summed E-state index contributed by atoms with van der Waals surface area (Å²) in [5, 5.41) is 2.87. The summed E-state index contributed by atoms with van der Waals surface area (Å²) in [5.41, 5.74) is 14.4. The van der Waals surface area contributed by atoms with E-state index in [1.165, 1.54) is 94.1 Å². The number of halogens is 2. The molecule has 0 saturated heterocycles. The zero-order valence-corrected chi connectivity index (χ0v) is 31.2. The minimum atomic E-state index is -0.0253. The second-order valence-corrected chi connectivity index (χ2v) is 16.2. The van der Waals surface area contributed by atoms with E-state index < -0.39 is 0 Å². The van der Waals surface area contributed by atoms with E-state index in [1.54, 1.807) is 0 Å². The van der Waals surface area contributed by atoms with Gasteiger partial charge in [-0.25, -0.2) is 0 Å². The molecule has 0 aliphatic heterocycles. The Bertz CT molecular complexity index is 1700. The van der Waals surface area contributed by atoms with Gasteiger partial charge in [-0.3, -0.25) is 0 Å². The van der Waals surface area contributed by atoms with Crippen LogP contribution < -0.4 is 35.3 Å². The molecule has 5 rings (SSSR count). The molecule has 1 unspecified atom stereocenters. The van der Waals surface area contributed by atoms with Gasteiger partial charge in [-0.05, 0) is 0 Å². The third-order valence-electron chi connectivity index (χ3n) is 8.77. The molecule has 1 atom stereocenters. The Kier molecular flexibility index (Phi) is 9.98. The van der Waals surface area contributed by atoms with Crippen molar-refractivity contribution < 1.29 is 49.5 Å². The van der Waals surface area contributed by atoms with Crippen LogP contribution in [0, 0.1) is 11.3 Å². The van der Waals surface area contributed by atoms with Gasteiger partial charge in [-0.1, -0.05) is 0 Å². The number of benzene rings is 3. The van der Waals surface area contributed by atoms with Gasteiger partial charge in [0.1, 0.15) is 0 Å². The zero-order valence-electron chi connectivity index (χ0n) is 27.2. The molecule has 42 heavy (non-hydrogen) atoms. The fourth-order valence-corrected chi connectivity index (χ4v) is 7.57. The molecule has 3 heteroatoms. The van der Waals surface area contributed by atoms with Crippen molar-refractivity contribution in [1.29, 1.82) is 0 Å². The normalized spacial score (nSPS) is 17.1. The van der Waals surface area contributed by atoms with Gasteiger partial charge in [0.15, 0.2) is 0 Å². The zero-order chi connectivity index (χ0) is 29.4. The predicted molar refractivity (Wildman–Crippen MR) is 170 cm³/mol. The van der Waals surface area contributed by atoms with Crippen LogP contribution in [0.15, 0.2) is 72.3 Å². The van der Waals surface area contributed by atoms with Gasteiger partial charge in [0, 0.05) is 0 Å². The minimum absolute atomic E-state index is 0. The molecular weight excluding hydrogens is 631 g/mol. The van der Waals surface area contributed by atoms with E-state index in [4.69, 9.17) is 0 Å². The molecular formula is C39H45Cl2Zr. The molecule has 2 aliphatic rings. The molecule has 219 valence electrons. The third-order valence-corrected chi connectivity index (χ3v) is 10.0. The van der Waals surface area contributed by atoms with E-state index >= 15 is 0 Å². The van der Waals surface area contributed by atoms with Crippen molar-refractivity contribution in [3.63, 3.8) is 0 Å². The molecule has 0 fully saturated rings. The molecule has 0 amide bonds. The average Bonchev–Trinajstić information content (AvgIpc) is 3.39. The maximum atomic E-state index is 2.53. The summed E-state index contributed by atoms with van der Waals surface area (Å²) in [6, 6.07) is 20.7. The van der Waals surface area contributed by atoms with Crippen LogP contribution >= 0.6 is 0 Å². The Balaban J connectivity index is 0.00000242. The van der Waals surface area contributed by atoms with Crippen molar-refractivity contribution in [2.75, 3.05) is 0 Å². The first-order valence-electron chi connectivity index (χ1n) is 14.8. The average molecular weight is 676 g/mol. The number of hydrogen-bond acceptors (Lipinski definition) is 0. The Hall–Kier alpha value is -1.66. The van der Waals surface area contributed by atoms with Crippen molar-refractivity contribution in [3.05, 3.63) is 111 Å². The predicted octanol–water partition coefficient (Wildman–Crippen LogP) is 3.20. The first kappa shape index (κ1) is 34.8. The van der Waals surface area contributed by atoms with Crippen LogP contribution in [0.2, 0.25) is 0 Å². The molecule has 0 bridgehead atoms. The number of rotatable bonds is 2. The molecule has 0 heterocycles. The van der Waals surface area contributed by atoms with E-state index in [0.717, 1.165) is 0 Å². The Morgan fingerprint density at radius 3 is 1.86 bits per heavy atom. The summed E-state index contributed by atoms with van der Waals surface area (Å²) < 4.78 is 1.50. The first-order chi connectivity index (χ1) is 18.5. The first-order valence-corrected chi connectivity index (χ1v) is 16.0. The summed E-state index contributed by atoms with van der Waals surface area (Å²) in [6.45, 7) is 25.9. The van der Waals surface area contributed by atoms with Gasteiger partial charge in [0.2, 0.25) is 0 Å². The summed E-state index contributed by atoms with van der Waals surface area (Å²) >= 11 is 1.49. The molecule has 3 aromatic rings. The topological polar surface area (TPSA) is 0 Å². The maximum Gasteiger partial charge on any atom is -1.00 e. The Morgan fingerprint density at radius 1 is 0.714 bits per heavy atom. The van der Waals surface area contributed by atoms with Crippen molar-refractivity contribution in [2.24, 2.45) is 11.3 Å².